The molecule has 23 heavy (non-hydrogen) atoms. The Kier molecular flexibility index (Phi) is 6.22. The number of aromatic nitrogens is 4. The summed E-state index contributed by atoms with van der Waals surface area (Å²) in [6.45, 7) is 0.584. The van der Waals surface area contributed by atoms with Crippen molar-refractivity contribution in [1.82, 2.24) is 25.5 Å². The van der Waals surface area contributed by atoms with Gasteiger partial charge in [0.1, 0.15) is 6.33 Å². The normalized spacial score (nSPS) is 10.4. The van der Waals surface area contributed by atoms with E-state index in [1.165, 1.54) is 11.0 Å². The van der Waals surface area contributed by atoms with Gasteiger partial charge in [0.15, 0.2) is 0 Å². The molecule has 2 N–H and O–H groups in total. The van der Waals surface area contributed by atoms with Gasteiger partial charge in [0.2, 0.25) is 0 Å². The number of carboxylic acid groups (broad SMARTS) is 1. The average molecular weight is 317 g/mol. The molecule has 122 valence electrons. The Bertz CT molecular complexity index is 625. The Hall–Kier alpha value is -2.77. The van der Waals surface area contributed by atoms with Crippen molar-refractivity contribution in [3.8, 4) is 5.69 Å². The van der Waals surface area contributed by atoms with Gasteiger partial charge in [0.25, 0.3) is 5.91 Å². The molecule has 0 unspecified atom stereocenters. The molecule has 2 rings (SSSR count). The molecule has 1 heterocycles. The first-order chi connectivity index (χ1) is 11.2. The van der Waals surface area contributed by atoms with Crippen LogP contribution in [-0.2, 0) is 4.79 Å². The van der Waals surface area contributed by atoms with Gasteiger partial charge in [-0.1, -0.05) is 12.8 Å². The number of nitrogens with zero attached hydrogens (tertiary/aromatic N) is 4. The van der Waals surface area contributed by atoms with Crippen LogP contribution in [0.4, 0.5) is 0 Å². The van der Waals surface area contributed by atoms with E-state index in [1.807, 2.05) is 0 Å². The van der Waals surface area contributed by atoms with Gasteiger partial charge in [-0.15, -0.1) is 5.10 Å². The van der Waals surface area contributed by atoms with E-state index in [2.05, 4.69) is 20.8 Å². The number of aliphatic carboxylic acids is 1. The summed E-state index contributed by atoms with van der Waals surface area (Å²) in [6.07, 6.45) is 4.99. The summed E-state index contributed by atoms with van der Waals surface area (Å²) in [5, 5.41) is 22.3. The van der Waals surface area contributed by atoms with Crippen LogP contribution in [-0.4, -0.2) is 43.7 Å². The fraction of sp³-hybridized carbons (Fsp3) is 0.400. The molecule has 0 radical (unpaired) electrons. The van der Waals surface area contributed by atoms with Crippen LogP contribution in [0.15, 0.2) is 30.6 Å². The van der Waals surface area contributed by atoms with Crippen LogP contribution in [0.3, 0.4) is 0 Å². The van der Waals surface area contributed by atoms with Crippen molar-refractivity contribution in [2.45, 2.75) is 32.1 Å². The molecule has 0 aliphatic rings. The molecule has 0 saturated carbocycles. The second-order valence-corrected chi connectivity index (χ2v) is 5.12. The maximum atomic E-state index is 12.0. The quantitative estimate of drug-likeness (QED) is 0.677. The summed E-state index contributed by atoms with van der Waals surface area (Å²) in [6, 6.07) is 6.99. The lowest BCUT2D eigenvalue weighted by molar-refractivity contribution is -0.137. The van der Waals surface area contributed by atoms with E-state index in [-0.39, 0.29) is 12.3 Å². The predicted octanol–water partition coefficient (Wildman–Crippen LogP) is 1.43. The number of unbranched alkanes of at least 4 members (excludes halogenated alkanes) is 3. The van der Waals surface area contributed by atoms with Gasteiger partial charge in [-0.2, -0.15) is 0 Å². The van der Waals surface area contributed by atoms with Gasteiger partial charge in [-0.3, -0.25) is 9.59 Å². The standard InChI is InChI=1S/C15H19N5O3/c21-14(22)5-3-1-2-4-10-16-15(23)12-6-8-13(9-7-12)20-11-17-18-19-20/h6-9,11H,1-5,10H2,(H,16,23)(H,21,22). The second kappa shape index (κ2) is 8.62. The maximum Gasteiger partial charge on any atom is 0.303 e. The molecular formula is C15H19N5O3. The highest BCUT2D eigenvalue weighted by molar-refractivity contribution is 5.94. The topological polar surface area (TPSA) is 110 Å². The molecule has 0 fully saturated rings. The average Bonchev–Trinajstić information content (AvgIpc) is 3.08. The monoisotopic (exact) mass is 317 g/mol. The minimum atomic E-state index is -0.761. The molecule has 2 aromatic rings. The van der Waals surface area contributed by atoms with Gasteiger partial charge in [0.05, 0.1) is 5.69 Å². The zero-order valence-electron chi connectivity index (χ0n) is 12.7. The Labute approximate surface area is 133 Å². The zero-order valence-corrected chi connectivity index (χ0v) is 12.7. The summed E-state index contributed by atoms with van der Waals surface area (Å²) in [7, 11) is 0. The lowest BCUT2D eigenvalue weighted by Gasteiger charge is -2.06. The molecule has 1 aromatic carbocycles. The molecule has 0 aliphatic heterocycles. The Balaban J connectivity index is 1.68. The fourth-order valence-corrected chi connectivity index (χ4v) is 2.10. The molecule has 0 bridgehead atoms. The van der Waals surface area contributed by atoms with Crippen molar-refractivity contribution in [2.75, 3.05) is 6.54 Å². The first-order valence-electron chi connectivity index (χ1n) is 7.50. The van der Waals surface area contributed by atoms with Crippen molar-refractivity contribution in [3.05, 3.63) is 36.2 Å². The number of carbonyl (C=O) groups excluding carboxylic acids is 1. The summed E-state index contributed by atoms with van der Waals surface area (Å²) in [5.41, 5.74) is 1.36. The molecule has 0 atom stereocenters. The van der Waals surface area contributed by atoms with Gasteiger partial charge in [0, 0.05) is 18.5 Å². The largest absolute Gasteiger partial charge is 0.481 e. The van der Waals surface area contributed by atoms with Crippen LogP contribution in [0.1, 0.15) is 42.5 Å². The number of carboxylic acids is 1. The molecule has 1 amide bonds. The number of carbonyl (C=O) groups is 2. The lowest BCUT2D eigenvalue weighted by Crippen LogP contribution is -2.24. The first kappa shape index (κ1) is 16.6. The van der Waals surface area contributed by atoms with Crippen molar-refractivity contribution < 1.29 is 14.7 Å². The minimum Gasteiger partial charge on any atom is -0.481 e. The van der Waals surface area contributed by atoms with Crippen molar-refractivity contribution >= 4 is 11.9 Å². The van der Waals surface area contributed by atoms with Gasteiger partial charge in [-0.05, 0) is 47.5 Å². The highest BCUT2D eigenvalue weighted by Crippen LogP contribution is 2.08. The van der Waals surface area contributed by atoms with E-state index in [0.29, 0.717) is 18.5 Å². The Morgan fingerprint density at radius 3 is 2.48 bits per heavy atom. The van der Waals surface area contributed by atoms with E-state index >= 15 is 0 Å². The van der Waals surface area contributed by atoms with Crippen LogP contribution < -0.4 is 5.32 Å². The van der Waals surface area contributed by atoms with Crippen molar-refractivity contribution in [2.24, 2.45) is 0 Å². The van der Waals surface area contributed by atoms with Gasteiger partial charge in [-0.25, -0.2) is 4.68 Å². The molecule has 0 aliphatic carbocycles. The number of amides is 1. The summed E-state index contributed by atoms with van der Waals surface area (Å²) in [5.74, 6) is -0.887. The Morgan fingerprint density at radius 1 is 1.09 bits per heavy atom. The number of rotatable bonds is 9. The number of benzene rings is 1. The molecular weight excluding hydrogens is 298 g/mol. The van der Waals surface area contributed by atoms with Crippen LogP contribution >= 0.6 is 0 Å². The van der Waals surface area contributed by atoms with E-state index in [4.69, 9.17) is 5.11 Å². The fourth-order valence-electron chi connectivity index (χ4n) is 2.10. The van der Waals surface area contributed by atoms with Crippen molar-refractivity contribution in [3.63, 3.8) is 0 Å². The smallest absolute Gasteiger partial charge is 0.303 e. The highest BCUT2D eigenvalue weighted by atomic mass is 16.4. The Morgan fingerprint density at radius 2 is 1.83 bits per heavy atom. The van der Waals surface area contributed by atoms with E-state index < -0.39 is 5.97 Å². The zero-order chi connectivity index (χ0) is 16.5. The molecule has 8 heteroatoms. The lowest BCUT2D eigenvalue weighted by atomic mass is 10.1. The third-order valence-electron chi connectivity index (χ3n) is 3.35. The summed E-state index contributed by atoms with van der Waals surface area (Å²) < 4.78 is 1.51. The number of hydrogen-bond acceptors (Lipinski definition) is 5. The van der Waals surface area contributed by atoms with E-state index in [0.717, 1.165) is 24.9 Å². The highest BCUT2D eigenvalue weighted by Gasteiger charge is 2.05. The van der Waals surface area contributed by atoms with Crippen LogP contribution in [0.2, 0.25) is 0 Å². The number of nitrogens with one attached hydrogen (secondary N) is 1. The molecule has 0 saturated heterocycles. The molecule has 8 nitrogen and oxygen atoms in total. The van der Waals surface area contributed by atoms with E-state index in [9.17, 15) is 9.59 Å². The van der Waals surface area contributed by atoms with Crippen molar-refractivity contribution in [1.29, 1.82) is 0 Å². The van der Waals surface area contributed by atoms with Crippen LogP contribution in [0.5, 0.6) is 0 Å². The number of tetrazole rings is 1. The second-order valence-electron chi connectivity index (χ2n) is 5.12. The minimum absolute atomic E-state index is 0.126. The van der Waals surface area contributed by atoms with Crippen LogP contribution in [0.25, 0.3) is 5.69 Å². The maximum absolute atomic E-state index is 12.0. The van der Waals surface area contributed by atoms with Crippen LogP contribution in [0, 0.1) is 0 Å². The summed E-state index contributed by atoms with van der Waals surface area (Å²) >= 11 is 0. The third-order valence-corrected chi connectivity index (χ3v) is 3.35. The number of hydrogen-bond donors (Lipinski definition) is 2. The third kappa shape index (κ3) is 5.50. The SMILES string of the molecule is O=C(O)CCCCCCNC(=O)c1ccc(-n2cnnn2)cc1. The van der Waals surface area contributed by atoms with Gasteiger partial charge >= 0.3 is 5.97 Å². The predicted molar refractivity (Wildman–Crippen MR) is 82.2 cm³/mol. The van der Waals surface area contributed by atoms with Gasteiger partial charge < -0.3 is 10.4 Å². The van der Waals surface area contributed by atoms with E-state index in [1.54, 1.807) is 24.3 Å². The molecule has 1 aromatic heterocycles. The summed E-state index contributed by atoms with van der Waals surface area (Å²) in [4.78, 5) is 22.3. The first-order valence-corrected chi connectivity index (χ1v) is 7.50. The molecule has 0 spiro atoms.